The van der Waals surface area contributed by atoms with Crippen molar-refractivity contribution in [2.45, 2.75) is 38.8 Å². The van der Waals surface area contributed by atoms with Crippen LogP contribution in [-0.4, -0.2) is 31.6 Å². The summed E-state index contributed by atoms with van der Waals surface area (Å²) >= 11 is 0. The minimum absolute atomic E-state index is 0.207. The standard InChI is InChI=1S/C14H21NO3S/c1-3-10-19(16,17)15(13-6-7-13)11-12-4-8-14(18-2)9-5-12/h4-5,8-9,13H,3,6-7,10-11H2,1-2H3. The van der Waals surface area contributed by atoms with Crippen molar-refractivity contribution in [3.63, 3.8) is 0 Å². The second-order valence-electron chi connectivity index (χ2n) is 4.94. The summed E-state index contributed by atoms with van der Waals surface area (Å²) in [7, 11) is -1.50. The summed E-state index contributed by atoms with van der Waals surface area (Å²) in [6.07, 6.45) is 2.63. The van der Waals surface area contributed by atoms with Gasteiger partial charge in [0.15, 0.2) is 0 Å². The van der Waals surface area contributed by atoms with Crippen LogP contribution in [0.4, 0.5) is 0 Å². The first kappa shape index (κ1) is 14.3. The molecule has 1 aromatic rings. The molecule has 1 aromatic carbocycles. The maximum atomic E-state index is 12.2. The lowest BCUT2D eigenvalue weighted by Gasteiger charge is -2.21. The monoisotopic (exact) mass is 283 g/mol. The molecular formula is C14H21NO3S. The first-order valence-corrected chi connectivity index (χ1v) is 8.30. The molecule has 1 saturated carbocycles. The predicted octanol–water partition coefficient (Wildman–Crippen LogP) is 2.40. The smallest absolute Gasteiger partial charge is 0.214 e. The van der Waals surface area contributed by atoms with Crippen molar-refractivity contribution in [1.29, 1.82) is 0 Å². The molecule has 0 aromatic heterocycles. The van der Waals surface area contributed by atoms with E-state index in [1.54, 1.807) is 11.4 Å². The van der Waals surface area contributed by atoms with E-state index in [1.807, 2.05) is 31.2 Å². The van der Waals surface area contributed by atoms with Crippen LogP contribution < -0.4 is 4.74 Å². The van der Waals surface area contributed by atoms with Gasteiger partial charge in [-0.25, -0.2) is 8.42 Å². The average molecular weight is 283 g/mol. The van der Waals surface area contributed by atoms with E-state index in [0.29, 0.717) is 13.0 Å². The van der Waals surface area contributed by atoms with Crippen LogP contribution in [0.1, 0.15) is 31.7 Å². The minimum atomic E-state index is -3.12. The molecule has 0 saturated heterocycles. The molecular weight excluding hydrogens is 262 g/mol. The number of sulfonamides is 1. The van der Waals surface area contributed by atoms with E-state index in [0.717, 1.165) is 24.2 Å². The van der Waals surface area contributed by atoms with Crippen LogP contribution in [0.15, 0.2) is 24.3 Å². The summed E-state index contributed by atoms with van der Waals surface area (Å²) in [6.45, 7) is 2.37. The number of nitrogens with zero attached hydrogens (tertiary/aromatic N) is 1. The van der Waals surface area contributed by atoms with Crippen molar-refractivity contribution in [2.24, 2.45) is 0 Å². The Morgan fingerprint density at radius 1 is 1.26 bits per heavy atom. The largest absolute Gasteiger partial charge is 0.497 e. The molecule has 0 radical (unpaired) electrons. The van der Waals surface area contributed by atoms with Crippen LogP contribution in [0.2, 0.25) is 0 Å². The highest BCUT2D eigenvalue weighted by atomic mass is 32.2. The van der Waals surface area contributed by atoms with Crippen LogP contribution in [0.3, 0.4) is 0 Å². The van der Waals surface area contributed by atoms with E-state index in [4.69, 9.17) is 4.74 Å². The average Bonchev–Trinajstić information content (AvgIpc) is 3.20. The Balaban J connectivity index is 2.12. The van der Waals surface area contributed by atoms with Gasteiger partial charge in [-0.1, -0.05) is 19.1 Å². The van der Waals surface area contributed by atoms with Crippen LogP contribution in [0, 0.1) is 0 Å². The summed E-state index contributed by atoms with van der Waals surface area (Å²) in [5.74, 6) is 1.03. The summed E-state index contributed by atoms with van der Waals surface area (Å²) < 4.78 is 31.3. The fourth-order valence-corrected chi connectivity index (χ4v) is 3.86. The normalized spacial score (nSPS) is 15.7. The molecule has 2 rings (SSSR count). The van der Waals surface area contributed by atoms with Crippen molar-refractivity contribution in [2.75, 3.05) is 12.9 Å². The van der Waals surface area contributed by atoms with Crippen molar-refractivity contribution < 1.29 is 13.2 Å². The molecule has 5 heteroatoms. The highest BCUT2D eigenvalue weighted by Gasteiger charge is 2.36. The molecule has 106 valence electrons. The van der Waals surface area contributed by atoms with E-state index < -0.39 is 10.0 Å². The third-order valence-corrected chi connectivity index (χ3v) is 5.34. The van der Waals surface area contributed by atoms with Gasteiger partial charge >= 0.3 is 0 Å². The van der Waals surface area contributed by atoms with Crippen molar-refractivity contribution >= 4 is 10.0 Å². The molecule has 0 amide bonds. The third-order valence-electron chi connectivity index (χ3n) is 3.27. The summed E-state index contributed by atoms with van der Waals surface area (Å²) in [5, 5.41) is 0. The van der Waals surface area contributed by atoms with Gasteiger partial charge in [0.05, 0.1) is 12.9 Å². The maximum Gasteiger partial charge on any atom is 0.214 e. The van der Waals surface area contributed by atoms with Crippen molar-refractivity contribution in [3.8, 4) is 5.75 Å². The topological polar surface area (TPSA) is 46.6 Å². The zero-order valence-corrected chi connectivity index (χ0v) is 12.3. The van der Waals surface area contributed by atoms with E-state index >= 15 is 0 Å². The lowest BCUT2D eigenvalue weighted by Crippen LogP contribution is -2.34. The van der Waals surface area contributed by atoms with Crippen LogP contribution in [0.25, 0.3) is 0 Å². The van der Waals surface area contributed by atoms with Gasteiger partial charge in [-0.2, -0.15) is 4.31 Å². The van der Waals surface area contributed by atoms with Crippen LogP contribution in [0.5, 0.6) is 5.75 Å². The number of hydrogen-bond acceptors (Lipinski definition) is 3. The van der Waals surface area contributed by atoms with Gasteiger partial charge in [-0.3, -0.25) is 0 Å². The first-order chi connectivity index (χ1) is 9.06. The lowest BCUT2D eigenvalue weighted by molar-refractivity contribution is 0.396. The Morgan fingerprint density at radius 3 is 2.37 bits per heavy atom. The molecule has 0 spiro atoms. The molecule has 0 N–H and O–H groups in total. The quantitative estimate of drug-likeness (QED) is 0.772. The van der Waals surface area contributed by atoms with Gasteiger partial charge in [0.1, 0.15) is 5.75 Å². The summed E-state index contributed by atoms with van der Waals surface area (Å²) in [5.41, 5.74) is 1.01. The Labute approximate surface area is 115 Å². The van der Waals surface area contributed by atoms with Crippen molar-refractivity contribution in [1.82, 2.24) is 4.31 Å². The Bertz CT molecular complexity index is 506. The van der Waals surface area contributed by atoms with E-state index in [1.165, 1.54) is 0 Å². The Kier molecular flexibility index (Phi) is 4.47. The highest BCUT2D eigenvalue weighted by Crippen LogP contribution is 2.31. The van der Waals surface area contributed by atoms with Crippen LogP contribution in [-0.2, 0) is 16.6 Å². The minimum Gasteiger partial charge on any atom is -0.497 e. The molecule has 1 aliphatic rings. The van der Waals surface area contributed by atoms with E-state index in [-0.39, 0.29) is 11.8 Å². The molecule has 1 aliphatic carbocycles. The van der Waals surface area contributed by atoms with Gasteiger partial charge in [0, 0.05) is 12.6 Å². The first-order valence-electron chi connectivity index (χ1n) is 6.69. The molecule has 0 unspecified atom stereocenters. The van der Waals surface area contributed by atoms with Crippen LogP contribution >= 0.6 is 0 Å². The number of hydrogen-bond donors (Lipinski definition) is 0. The molecule has 0 aliphatic heterocycles. The molecule has 0 bridgehead atoms. The van der Waals surface area contributed by atoms with Gasteiger partial charge in [-0.15, -0.1) is 0 Å². The predicted molar refractivity (Wildman–Crippen MR) is 75.6 cm³/mol. The van der Waals surface area contributed by atoms with E-state index in [2.05, 4.69) is 0 Å². The molecule has 0 heterocycles. The summed E-state index contributed by atoms with van der Waals surface area (Å²) in [4.78, 5) is 0. The second-order valence-corrected chi connectivity index (χ2v) is 6.98. The highest BCUT2D eigenvalue weighted by molar-refractivity contribution is 7.89. The fourth-order valence-electron chi connectivity index (χ4n) is 2.10. The molecule has 19 heavy (non-hydrogen) atoms. The number of ether oxygens (including phenoxy) is 1. The number of benzene rings is 1. The van der Waals surface area contributed by atoms with E-state index in [9.17, 15) is 8.42 Å². The lowest BCUT2D eigenvalue weighted by atomic mass is 10.2. The van der Waals surface area contributed by atoms with Gasteiger partial charge in [0.25, 0.3) is 0 Å². The summed E-state index contributed by atoms with van der Waals surface area (Å²) in [6, 6.07) is 7.80. The van der Waals surface area contributed by atoms with Crippen molar-refractivity contribution in [3.05, 3.63) is 29.8 Å². The van der Waals surface area contributed by atoms with Gasteiger partial charge < -0.3 is 4.74 Å². The molecule has 0 atom stereocenters. The molecule has 4 nitrogen and oxygen atoms in total. The fraction of sp³-hybridized carbons (Fsp3) is 0.571. The maximum absolute atomic E-state index is 12.2. The number of methoxy groups -OCH3 is 1. The number of rotatable bonds is 7. The Hall–Kier alpha value is -1.07. The zero-order chi connectivity index (χ0) is 13.9. The SMILES string of the molecule is CCCS(=O)(=O)N(Cc1ccc(OC)cc1)C1CC1. The third kappa shape index (κ3) is 3.70. The van der Waals surface area contributed by atoms with Gasteiger partial charge in [0.2, 0.25) is 10.0 Å². The zero-order valence-electron chi connectivity index (χ0n) is 11.5. The Morgan fingerprint density at radius 2 is 1.89 bits per heavy atom. The second kappa shape index (κ2) is 5.92. The molecule has 1 fully saturated rings. The van der Waals surface area contributed by atoms with Gasteiger partial charge in [-0.05, 0) is 37.0 Å².